The SMILES string of the molecule is CC(NS(=O)(=O)c1cc(Cl)c(N)c(Cl)c1)[n+]1ccccc1.[Cl-]. The van der Waals surface area contributed by atoms with Crippen LogP contribution >= 0.6 is 23.2 Å². The highest BCUT2D eigenvalue weighted by molar-refractivity contribution is 7.89. The van der Waals surface area contributed by atoms with Crippen molar-refractivity contribution in [1.82, 2.24) is 4.72 Å². The molecule has 1 atom stereocenters. The van der Waals surface area contributed by atoms with E-state index < -0.39 is 16.2 Å². The van der Waals surface area contributed by atoms with E-state index in [2.05, 4.69) is 4.72 Å². The largest absolute Gasteiger partial charge is 1.00 e. The fraction of sp³-hybridized carbons (Fsp3) is 0.154. The third kappa shape index (κ3) is 4.24. The number of hydrogen-bond acceptors (Lipinski definition) is 3. The molecule has 1 heterocycles. The number of nitrogens with one attached hydrogen (secondary N) is 1. The number of anilines is 1. The first-order valence-corrected chi connectivity index (χ1v) is 8.28. The molecule has 0 spiro atoms. The quantitative estimate of drug-likeness (QED) is 0.546. The summed E-state index contributed by atoms with van der Waals surface area (Å²) in [4.78, 5) is -0.0323. The van der Waals surface area contributed by atoms with Crippen LogP contribution in [0.1, 0.15) is 13.1 Å². The maximum absolute atomic E-state index is 12.3. The number of nitrogen functional groups attached to an aromatic ring is 1. The van der Waals surface area contributed by atoms with Crippen LogP contribution in [0.2, 0.25) is 10.0 Å². The Labute approximate surface area is 145 Å². The molecule has 5 nitrogen and oxygen atoms in total. The lowest BCUT2D eigenvalue weighted by Crippen LogP contribution is -3.00. The predicted octanol–water partition coefficient (Wildman–Crippen LogP) is -0.636. The monoisotopic (exact) mass is 381 g/mol. The number of aromatic nitrogens is 1. The topological polar surface area (TPSA) is 76.1 Å². The van der Waals surface area contributed by atoms with Crippen LogP contribution in [0.3, 0.4) is 0 Å². The zero-order chi connectivity index (χ0) is 15.6. The van der Waals surface area contributed by atoms with Crippen LogP contribution < -0.4 is 27.4 Å². The van der Waals surface area contributed by atoms with Crippen molar-refractivity contribution in [2.24, 2.45) is 0 Å². The molecular weight excluding hydrogens is 369 g/mol. The van der Waals surface area contributed by atoms with Crippen molar-refractivity contribution in [2.45, 2.75) is 18.0 Å². The van der Waals surface area contributed by atoms with E-state index in [9.17, 15) is 8.42 Å². The van der Waals surface area contributed by atoms with Gasteiger partial charge in [0.2, 0.25) is 16.2 Å². The summed E-state index contributed by atoms with van der Waals surface area (Å²) in [5.74, 6) is 0. The summed E-state index contributed by atoms with van der Waals surface area (Å²) in [5.41, 5.74) is 5.76. The third-order valence-corrected chi connectivity index (χ3v) is 5.01. The Hall–Kier alpha value is -1.05. The fourth-order valence-electron chi connectivity index (χ4n) is 1.74. The Kier molecular flexibility index (Phi) is 6.46. The number of sulfonamides is 1. The molecule has 9 heteroatoms. The van der Waals surface area contributed by atoms with Crippen LogP contribution in [0.25, 0.3) is 0 Å². The second kappa shape index (κ2) is 7.48. The van der Waals surface area contributed by atoms with Gasteiger partial charge in [0.05, 0.1) is 20.6 Å². The molecule has 0 aliphatic heterocycles. The molecular formula is C13H14Cl3N3O2S. The van der Waals surface area contributed by atoms with Gasteiger partial charge in [0.1, 0.15) is 0 Å². The standard InChI is InChI=1S/C13H14Cl2N3O2S.ClH/c1-9(18-5-3-2-4-6-18)17-21(19,20)10-7-11(14)13(16)12(15)8-10;/h2-9,17H,16H2,1H3;1H/q+1;/p-1. The lowest BCUT2D eigenvalue weighted by Gasteiger charge is -2.11. The molecule has 0 radical (unpaired) electrons. The molecule has 120 valence electrons. The minimum atomic E-state index is -3.76. The Bertz CT molecular complexity index is 731. The van der Waals surface area contributed by atoms with Gasteiger partial charge in [-0.25, -0.2) is 8.42 Å². The molecule has 0 aliphatic rings. The molecule has 1 aromatic heterocycles. The van der Waals surface area contributed by atoms with Gasteiger partial charge in [-0.1, -0.05) is 29.3 Å². The Morgan fingerprint density at radius 2 is 1.64 bits per heavy atom. The minimum Gasteiger partial charge on any atom is -1.00 e. The average molecular weight is 383 g/mol. The molecule has 1 aromatic carbocycles. The van der Waals surface area contributed by atoms with E-state index in [0.29, 0.717) is 0 Å². The van der Waals surface area contributed by atoms with Gasteiger partial charge in [-0.05, 0) is 12.1 Å². The summed E-state index contributed by atoms with van der Waals surface area (Å²) >= 11 is 11.7. The Balaban J connectivity index is 0.00000242. The molecule has 0 amide bonds. The van der Waals surface area contributed by atoms with Crippen molar-refractivity contribution < 1.29 is 25.4 Å². The number of nitrogens with two attached hydrogens (primary N) is 1. The summed E-state index contributed by atoms with van der Waals surface area (Å²) < 4.78 is 29.0. The number of benzene rings is 1. The van der Waals surface area contributed by atoms with Crippen molar-refractivity contribution >= 4 is 38.9 Å². The normalized spacial score (nSPS) is 12.5. The van der Waals surface area contributed by atoms with E-state index in [-0.39, 0.29) is 33.0 Å². The van der Waals surface area contributed by atoms with Gasteiger partial charge >= 0.3 is 0 Å². The first-order valence-electron chi connectivity index (χ1n) is 6.04. The molecule has 22 heavy (non-hydrogen) atoms. The number of halogens is 3. The van der Waals surface area contributed by atoms with Gasteiger partial charge in [0.15, 0.2) is 12.4 Å². The van der Waals surface area contributed by atoms with Crippen molar-refractivity contribution in [3.8, 4) is 0 Å². The van der Waals surface area contributed by atoms with E-state index in [1.54, 1.807) is 23.9 Å². The lowest BCUT2D eigenvalue weighted by molar-refractivity contribution is -0.722. The van der Waals surface area contributed by atoms with E-state index in [1.165, 1.54) is 12.1 Å². The highest BCUT2D eigenvalue weighted by atomic mass is 35.5. The van der Waals surface area contributed by atoms with Crippen LogP contribution in [0, 0.1) is 0 Å². The summed E-state index contributed by atoms with van der Waals surface area (Å²) in [6.07, 6.45) is 3.05. The van der Waals surface area contributed by atoms with Gasteiger partial charge in [0, 0.05) is 19.1 Å². The highest BCUT2D eigenvalue weighted by Gasteiger charge is 2.23. The number of pyridine rings is 1. The lowest BCUT2D eigenvalue weighted by atomic mass is 10.3. The summed E-state index contributed by atoms with van der Waals surface area (Å²) in [6, 6.07) is 8.00. The van der Waals surface area contributed by atoms with Gasteiger partial charge in [0.25, 0.3) is 0 Å². The second-order valence-electron chi connectivity index (χ2n) is 4.42. The Morgan fingerprint density at radius 1 is 1.14 bits per heavy atom. The maximum atomic E-state index is 12.3. The smallest absolute Gasteiger partial charge is 0.245 e. The van der Waals surface area contributed by atoms with Gasteiger partial charge in [-0.15, -0.1) is 4.72 Å². The van der Waals surface area contributed by atoms with Crippen LogP contribution in [-0.2, 0) is 10.0 Å². The predicted molar refractivity (Wildman–Crippen MR) is 82.5 cm³/mol. The average Bonchev–Trinajstić information content (AvgIpc) is 2.44. The molecule has 0 aliphatic carbocycles. The molecule has 1 unspecified atom stereocenters. The highest BCUT2D eigenvalue weighted by Crippen LogP contribution is 2.30. The molecule has 0 saturated carbocycles. The summed E-state index contributed by atoms with van der Waals surface area (Å²) in [5, 5.41) is 0.200. The minimum absolute atomic E-state index is 0. The number of rotatable bonds is 4. The number of hydrogen-bond donors (Lipinski definition) is 2. The van der Waals surface area contributed by atoms with E-state index in [1.807, 2.05) is 18.2 Å². The third-order valence-electron chi connectivity index (χ3n) is 2.87. The van der Waals surface area contributed by atoms with Gasteiger partial charge in [-0.3, -0.25) is 0 Å². The molecule has 0 saturated heterocycles. The van der Waals surface area contributed by atoms with E-state index in [4.69, 9.17) is 28.9 Å². The van der Waals surface area contributed by atoms with Gasteiger partial charge < -0.3 is 18.1 Å². The van der Waals surface area contributed by atoms with Crippen molar-refractivity contribution in [3.05, 3.63) is 52.8 Å². The molecule has 0 fully saturated rings. The zero-order valence-electron chi connectivity index (χ0n) is 11.5. The molecule has 2 rings (SSSR count). The van der Waals surface area contributed by atoms with Crippen molar-refractivity contribution in [3.63, 3.8) is 0 Å². The molecule has 2 aromatic rings. The van der Waals surface area contributed by atoms with E-state index >= 15 is 0 Å². The van der Waals surface area contributed by atoms with E-state index in [0.717, 1.165) is 0 Å². The molecule has 3 N–H and O–H groups in total. The van der Waals surface area contributed by atoms with Crippen LogP contribution in [0.4, 0.5) is 5.69 Å². The van der Waals surface area contributed by atoms with Crippen LogP contribution in [0.5, 0.6) is 0 Å². The van der Waals surface area contributed by atoms with Gasteiger partial charge in [-0.2, -0.15) is 4.57 Å². The van der Waals surface area contributed by atoms with Crippen molar-refractivity contribution in [1.29, 1.82) is 0 Å². The first kappa shape index (κ1) is 19.0. The maximum Gasteiger partial charge on any atom is 0.245 e. The van der Waals surface area contributed by atoms with Crippen LogP contribution in [-0.4, -0.2) is 8.42 Å². The number of nitrogens with zero attached hydrogens (tertiary/aromatic N) is 1. The Morgan fingerprint density at radius 3 is 2.14 bits per heavy atom. The summed E-state index contributed by atoms with van der Waals surface area (Å²) in [6.45, 7) is 1.72. The fourth-order valence-corrected chi connectivity index (χ4v) is 3.61. The first-order chi connectivity index (χ1) is 9.81. The molecule has 0 bridgehead atoms. The second-order valence-corrected chi connectivity index (χ2v) is 6.95. The van der Waals surface area contributed by atoms with Crippen LogP contribution in [0.15, 0.2) is 47.6 Å². The zero-order valence-corrected chi connectivity index (χ0v) is 14.6. The summed E-state index contributed by atoms with van der Waals surface area (Å²) in [7, 11) is -3.76. The van der Waals surface area contributed by atoms with Crippen molar-refractivity contribution in [2.75, 3.05) is 5.73 Å².